The van der Waals surface area contributed by atoms with E-state index in [1.165, 1.54) is 12.5 Å². The molecular formula is C18H19FN4. The molecule has 1 aliphatic heterocycles. The van der Waals surface area contributed by atoms with Crippen LogP contribution in [-0.4, -0.2) is 27.1 Å². The number of benzene rings is 1. The molecule has 1 aliphatic rings. The molecule has 0 amide bonds. The number of fused-ring (bicyclic) bond motifs is 1. The van der Waals surface area contributed by atoms with Crippen LogP contribution in [-0.2, 0) is 13.0 Å². The number of rotatable bonds is 4. The number of aromatic nitrogens is 3. The predicted octanol–water partition coefficient (Wildman–Crippen LogP) is 2.91. The van der Waals surface area contributed by atoms with Crippen molar-refractivity contribution in [3.05, 3.63) is 59.8 Å². The average Bonchev–Trinajstić information content (AvgIpc) is 3.19. The number of imidazole rings is 1. The van der Waals surface area contributed by atoms with Gasteiger partial charge in [-0.1, -0.05) is 18.2 Å². The van der Waals surface area contributed by atoms with Crippen molar-refractivity contribution in [3.63, 3.8) is 0 Å². The zero-order chi connectivity index (χ0) is 15.6. The van der Waals surface area contributed by atoms with Crippen LogP contribution in [0.2, 0.25) is 0 Å². The van der Waals surface area contributed by atoms with Crippen molar-refractivity contribution in [1.82, 2.24) is 19.9 Å². The maximum Gasteiger partial charge on any atom is 0.160 e. The summed E-state index contributed by atoms with van der Waals surface area (Å²) in [7, 11) is 0. The first-order chi connectivity index (χ1) is 11.3. The van der Waals surface area contributed by atoms with Gasteiger partial charge in [-0.2, -0.15) is 0 Å². The lowest BCUT2D eigenvalue weighted by Gasteiger charge is -2.13. The minimum Gasteiger partial charge on any atom is -0.314 e. The smallest absolute Gasteiger partial charge is 0.160 e. The van der Waals surface area contributed by atoms with Crippen LogP contribution in [0.15, 0.2) is 42.6 Å². The summed E-state index contributed by atoms with van der Waals surface area (Å²) in [5, 5.41) is 3.50. The second-order valence-electron chi connectivity index (χ2n) is 6.05. The summed E-state index contributed by atoms with van der Waals surface area (Å²) in [5.41, 5.74) is 2.36. The van der Waals surface area contributed by atoms with Gasteiger partial charge in [0, 0.05) is 24.2 Å². The Morgan fingerprint density at radius 2 is 2.13 bits per heavy atom. The fourth-order valence-corrected chi connectivity index (χ4v) is 3.28. The van der Waals surface area contributed by atoms with Crippen molar-refractivity contribution in [2.45, 2.75) is 31.8 Å². The minimum absolute atomic E-state index is 0.185. The van der Waals surface area contributed by atoms with Crippen LogP contribution < -0.4 is 5.32 Å². The highest BCUT2D eigenvalue weighted by Crippen LogP contribution is 2.20. The van der Waals surface area contributed by atoms with E-state index < -0.39 is 0 Å². The number of hydrogen-bond donors (Lipinski definition) is 1. The monoisotopic (exact) mass is 310 g/mol. The lowest BCUT2D eigenvalue weighted by Crippen LogP contribution is -2.25. The standard InChI is InChI=1S/C18H19FN4/c19-15-7-2-1-5-13(15)12-23-17(11-14-6-3-9-20-14)22-16-8-4-10-21-18(16)23/h1-2,4-5,7-8,10,14,20H,3,6,9,11-12H2. The van der Waals surface area contributed by atoms with Crippen LogP contribution in [0.1, 0.15) is 24.2 Å². The highest BCUT2D eigenvalue weighted by molar-refractivity contribution is 5.71. The SMILES string of the molecule is Fc1ccccc1Cn1c(CC2CCCN2)nc2cccnc21. The van der Waals surface area contributed by atoms with Crippen molar-refractivity contribution >= 4 is 11.2 Å². The molecule has 0 bridgehead atoms. The number of halogens is 1. The van der Waals surface area contributed by atoms with Crippen LogP contribution in [0.3, 0.4) is 0 Å². The van der Waals surface area contributed by atoms with Gasteiger partial charge in [0.05, 0.1) is 6.54 Å². The van der Waals surface area contributed by atoms with E-state index in [-0.39, 0.29) is 5.82 Å². The highest BCUT2D eigenvalue weighted by atomic mass is 19.1. The Bertz CT molecular complexity index is 821. The maximum absolute atomic E-state index is 14.1. The molecule has 0 spiro atoms. The molecule has 0 radical (unpaired) electrons. The molecule has 118 valence electrons. The first-order valence-corrected chi connectivity index (χ1v) is 8.08. The Morgan fingerprint density at radius 3 is 2.96 bits per heavy atom. The Labute approximate surface area is 134 Å². The van der Waals surface area contributed by atoms with E-state index in [0.717, 1.165) is 36.4 Å². The first-order valence-electron chi connectivity index (χ1n) is 8.08. The van der Waals surface area contributed by atoms with Gasteiger partial charge in [0.25, 0.3) is 0 Å². The van der Waals surface area contributed by atoms with Crippen LogP contribution in [0.25, 0.3) is 11.2 Å². The van der Waals surface area contributed by atoms with E-state index in [4.69, 9.17) is 4.98 Å². The Morgan fingerprint density at radius 1 is 1.22 bits per heavy atom. The summed E-state index contributed by atoms with van der Waals surface area (Å²) in [6.45, 7) is 1.53. The van der Waals surface area contributed by atoms with Crippen LogP contribution in [0, 0.1) is 5.82 Å². The predicted molar refractivity (Wildman–Crippen MR) is 87.8 cm³/mol. The molecule has 0 saturated carbocycles. The van der Waals surface area contributed by atoms with Gasteiger partial charge in [0.2, 0.25) is 0 Å². The molecule has 0 aliphatic carbocycles. The quantitative estimate of drug-likeness (QED) is 0.806. The summed E-state index contributed by atoms with van der Waals surface area (Å²) in [4.78, 5) is 9.20. The van der Waals surface area contributed by atoms with E-state index in [1.807, 2.05) is 28.8 Å². The van der Waals surface area contributed by atoms with E-state index in [0.29, 0.717) is 18.2 Å². The maximum atomic E-state index is 14.1. The molecule has 4 rings (SSSR count). The second-order valence-corrected chi connectivity index (χ2v) is 6.05. The fourth-order valence-electron chi connectivity index (χ4n) is 3.28. The van der Waals surface area contributed by atoms with Gasteiger partial charge >= 0.3 is 0 Å². The van der Waals surface area contributed by atoms with E-state index >= 15 is 0 Å². The van der Waals surface area contributed by atoms with Gasteiger partial charge < -0.3 is 9.88 Å². The largest absolute Gasteiger partial charge is 0.314 e. The van der Waals surface area contributed by atoms with Crippen molar-refractivity contribution < 1.29 is 4.39 Å². The Hall–Kier alpha value is -2.27. The third-order valence-electron chi connectivity index (χ3n) is 4.46. The number of nitrogens with one attached hydrogen (secondary N) is 1. The van der Waals surface area contributed by atoms with Gasteiger partial charge in [-0.25, -0.2) is 14.4 Å². The average molecular weight is 310 g/mol. The molecular weight excluding hydrogens is 291 g/mol. The van der Waals surface area contributed by atoms with Crippen molar-refractivity contribution in [2.24, 2.45) is 0 Å². The van der Waals surface area contributed by atoms with Crippen LogP contribution in [0.5, 0.6) is 0 Å². The molecule has 1 fully saturated rings. The van der Waals surface area contributed by atoms with Crippen molar-refractivity contribution in [2.75, 3.05) is 6.54 Å². The van der Waals surface area contributed by atoms with E-state index in [9.17, 15) is 4.39 Å². The summed E-state index contributed by atoms with van der Waals surface area (Å²) >= 11 is 0. The molecule has 3 heterocycles. The molecule has 23 heavy (non-hydrogen) atoms. The molecule has 1 saturated heterocycles. The molecule has 1 atom stereocenters. The lowest BCUT2D eigenvalue weighted by atomic mass is 10.1. The first kappa shape index (κ1) is 14.3. The molecule has 4 nitrogen and oxygen atoms in total. The topological polar surface area (TPSA) is 42.7 Å². The zero-order valence-corrected chi connectivity index (χ0v) is 12.9. The normalized spacial score (nSPS) is 17.9. The fraction of sp³-hybridized carbons (Fsp3) is 0.333. The third kappa shape index (κ3) is 2.84. The number of nitrogens with zero attached hydrogens (tertiary/aromatic N) is 3. The third-order valence-corrected chi connectivity index (χ3v) is 4.46. The van der Waals surface area contributed by atoms with E-state index in [2.05, 4.69) is 10.3 Å². The van der Waals surface area contributed by atoms with Gasteiger partial charge in [0.1, 0.15) is 17.2 Å². The van der Waals surface area contributed by atoms with Gasteiger partial charge in [-0.3, -0.25) is 0 Å². The molecule has 2 aromatic heterocycles. The summed E-state index contributed by atoms with van der Waals surface area (Å²) in [6, 6.07) is 11.2. The van der Waals surface area contributed by atoms with Crippen LogP contribution >= 0.6 is 0 Å². The Balaban J connectivity index is 1.74. The summed E-state index contributed by atoms with van der Waals surface area (Å²) < 4.78 is 16.1. The molecule has 1 unspecified atom stereocenters. The number of pyridine rings is 1. The van der Waals surface area contributed by atoms with Crippen molar-refractivity contribution in [3.8, 4) is 0 Å². The van der Waals surface area contributed by atoms with Gasteiger partial charge in [0.15, 0.2) is 5.65 Å². The summed E-state index contributed by atoms with van der Waals surface area (Å²) in [6.07, 6.45) is 4.98. The van der Waals surface area contributed by atoms with Crippen molar-refractivity contribution in [1.29, 1.82) is 0 Å². The van der Waals surface area contributed by atoms with Gasteiger partial charge in [-0.05, 0) is 37.6 Å². The molecule has 1 aromatic carbocycles. The zero-order valence-electron chi connectivity index (χ0n) is 12.9. The Kier molecular flexibility index (Phi) is 3.79. The number of hydrogen-bond acceptors (Lipinski definition) is 3. The second kappa shape index (κ2) is 6.08. The molecule has 3 aromatic rings. The van der Waals surface area contributed by atoms with Gasteiger partial charge in [-0.15, -0.1) is 0 Å². The highest BCUT2D eigenvalue weighted by Gasteiger charge is 2.20. The van der Waals surface area contributed by atoms with E-state index in [1.54, 1.807) is 12.3 Å². The van der Waals surface area contributed by atoms with Crippen LogP contribution in [0.4, 0.5) is 4.39 Å². The summed E-state index contributed by atoms with van der Waals surface area (Å²) in [5.74, 6) is 0.788. The molecule has 5 heteroatoms. The molecule has 1 N–H and O–H groups in total. The lowest BCUT2D eigenvalue weighted by molar-refractivity contribution is 0.559. The minimum atomic E-state index is -0.185.